The van der Waals surface area contributed by atoms with E-state index in [0.717, 1.165) is 5.56 Å². The summed E-state index contributed by atoms with van der Waals surface area (Å²) < 4.78 is 19.8. The summed E-state index contributed by atoms with van der Waals surface area (Å²) in [6.07, 6.45) is 0.699. The first-order valence-electron chi connectivity index (χ1n) is 9.64. The summed E-state index contributed by atoms with van der Waals surface area (Å²) in [5.74, 6) is -1.05. The van der Waals surface area contributed by atoms with Gasteiger partial charge < -0.3 is 9.64 Å². The molecule has 4 rings (SSSR count). The molecule has 2 amide bonds. The van der Waals surface area contributed by atoms with Gasteiger partial charge in [0.25, 0.3) is 5.91 Å². The zero-order chi connectivity index (χ0) is 20.6. The van der Waals surface area contributed by atoms with Crippen molar-refractivity contribution in [3.8, 4) is 0 Å². The third kappa shape index (κ3) is 3.94. The quantitative estimate of drug-likeness (QED) is 0.744. The van der Waals surface area contributed by atoms with Gasteiger partial charge in [-0.15, -0.1) is 0 Å². The lowest BCUT2D eigenvalue weighted by Crippen LogP contribution is -2.48. The highest BCUT2D eigenvalue weighted by atomic mass is 35.5. The van der Waals surface area contributed by atoms with E-state index in [1.807, 2.05) is 31.2 Å². The topological polar surface area (TPSA) is 49.9 Å². The van der Waals surface area contributed by atoms with E-state index < -0.39 is 17.3 Å². The van der Waals surface area contributed by atoms with Crippen molar-refractivity contribution in [3.63, 3.8) is 0 Å². The van der Waals surface area contributed by atoms with Crippen molar-refractivity contribution in [2.75, 3.05) is 19.6 Å². The Hall–Kier alpha value is -2.60. The maximum absolute atomic E-state index is 14.1. The summed E-state index contributed by atoms with van der Waals surface area (Å²) >= 11 is 6.03. The number of likely N-dealkylation sites (tertiary alicyclic amines) is 1. The van der Waals surface area contributed by atoms with Crippen molar-refractivity contribution in [1.82, 2.24) is 9.80 Å². The number of hydrogen-bond donors (Lipinski definition) is 0. The van der Waals surface area contributed by atoms with E-state index in [9.17, 15) is 14.0 Å². The van der Waals surface area contributed by atoms with Gasteiger partial charge in [-0.2, -0.15) is 0 Å². The Morgan fingerprint density at radius 1 is 1.17 bits per heavy atom. The van der Waals surface area contributed by atoms with Crippen LogP contribution in [-0.4, -0.2) is 47.0 Å². The Morgan fingerprint density at radius 2 is 1.86 bits per heavy atom. The van der Waals surface area contributed by atoms with Gasteiger partial charge in [-0.25, -0.2) is 9.18 Å². The van der Waals surface area contributed by atoms with Crippen molar-refractivity contribution < 1.29 is 18.7 Å². The molecule has 0 aliphatic carbocycles. The van der Waals surface area contributed by atoms with Gasteiger partial charge in [-0.05, 0) is 24.6 Å². The number of aryl methyl sites for hydroxylation is 1. The fourth-order valence-corrected chi connectivity index (χ4v) is 4.21. The summed E-state index contributed by atoms with van der Waals surface area (Å²) in [4.78, 5) is 28.4. The lowest BCUT2D eigenvalue weighted by molar-refractivity contribution is 0.00302. The van der Waals surface area contributed by atoms with Gasteiger partial charge in [0.15, 0.2) is 0 Å². The van der Waals surface area contributed by atoms with E-state index in [4.69, 9.17) is 16.3 Å². The number of carbonyl (C=O) groups is 2. The van der Waals surface area contributed by atoms with Crippen molar-refractivity contribution in [2.45, 2.75) is 31.9 Å². The van der Waals surface area contributed by atoms with Crippen LogP contribution in [0.3, 0.4) is 0 Å². The maximum atomic E-state index is 14.1. The molecule has 2 aromatic rings. The predicted molar refractivity (Wildman–Crippen MR) is 107 cm³/mol. The van der Waals surface area contributed by atoms with E-state index in [1.165, 1.54) is 23.8 Å². The van der Waals surface area contributed by atoms with Crippen molar-refractivity contribution >= 4 is 23.6 Å². The summed E-state index contributed by atoms with van der Waals surface area (Å²) in [6, 6.07) is 12.3. The summed E-state index contributed by atoms with van der Waals surface area (Å²) in [6.45, 7) is 3.77. The molecule has 2 fully saturated rings. The first-order valence-corrected chi connectivity index (χ1v) is 10.0. The van der Waals surface area contributed by atoms with Crippen LogP contribution in [0.2, 0.25) is 5.02 Å². The second kappa shape index (κ2) is 7.67. The minimum atomic E-state index is -0.626. The van der Waals surface area contributed by atoms with Gasteiger partial charge in [-0.1, -0.05) is 47.5 Å². The Balaban J connectivity index is 1.40. The van der Waals surface area contributed by atoms with Gasteiger partial charge in [0.05, 0.1) is 17.1 Å². The smallest absolute Gasteiger partial charge is 0.410 e. The molecule has 2 aromatic carbocycles. The van der Waals surface area contributed by atoms with Gasteiger partial charge in [0, 0.05) is 32.5 Å². The highest BCUT2D eigenvalue weighted by molar-refractivity contribution is 6.33. The third-order valence-corrected chi connectivity index (χ3v) is 5.99. The number of carbonyl (C=O) groups excluding carboxylic acids is 2. The van der Waals surface area contributed by atoms with Crippen molar-refractivity contribution in [1.29, 1.82) is 0 Å². The SMILES string of the molecule is Cc1ccc(CN2CC3(CCN(C(=O)c4c(F)cccc4Cl)CC3)OC2=O)cc1. The summed E-state index contributed by atoms with van der Waals surface area (Å²) in [7, 11) is 0. The molecule has 2 aliphatic rings. The van der Waals surface area contributed by atoms with Crippen LogP contribution in [0, 0.1) is 12.7 Å². The number of hydrogen-bond acceptors (Lipinski definition) is 3. The number of ether oxygens (including phenoxy) is 1. The number of rotatable bonds is 3. The largest absolute Gasteiger partial charge is 0.441 e. The van der Waals surface area contributed by atoms with Crippen LogP contribution in [0.5, 0.6) is 0 Å². The Labute approximate surface area is 174 Å². The normalized spacial score (nSPS) is 18.2. The average Bonchev–Trinajstić information content (AvgIpc) is 2.98. The molecule has 29 heavy (non-hydrogen) atoms. The summed E-state index contributed by atoms with van der Waals surface area (Å²) in [5, 5.41) is 0.104. The van der Waals surface area contributed by atoms with Gasteiger partial charge >= 0.3 is 6.09 Å². The van der Waals surface area contributed by atoms with E-state index in [2.05, 4.69) is 0 Å². The van der Waals surface area contributed by atoms with E-state index in [0.29, 0.717) is 39.0 Å². The third-order valence-electron chi connectivity index (χ3n) is 5.67. The van der Waals surface area contributed by atoms with Crippen molar-refractivity contribution in [3.05, 3.63) is 70.0 Å². The van der Waals surface area contributed by atoms with Crippen LogP contribution in [0.15, 0.2) is 42.5 Å². The number of piperidine rings is 1. The zero-order valence-electron chi connectivity index (χ0n) is 16.2. The number of halogens is 2. The number of amides is 2. The van der Waals surface area contributed by atoms with Crippen LogP contribution in [0.1, 0.15) is 34.3 Å². The fourth-order valence-electron chi connectivity index (χ4n) is 3.97. The van der Waals surface area contributed by atoms with Crippen LogP contribution in [-0.2, 0) is 11.3 Å². The van der Waals surface area contributed by atoms with Crippen molar-refractivity contribution in [2.24, 2.45) is 0 Å². The van der Waals surface area contributed by atoms with Gasteiger partial charge in [0.2, 0.25) is 0 Å². The first kappa shape index (κ1) is 19.7. The minimum absolute atomic E-state index is 0.102. The summed E-state index contributed by atoms with van der Waals surface area (Å²) in [5.41, 5.74) is 1.51. The number of benzene rings is 2. The lowest BCUT2D eigenvalue weighted by atomic mass is 9.91. The molecule has 0 saturated carbocycles. The molecule has 2 saturated heterocycles. The lowest BCUT2D eigenvalue weighted by Gasteiger charge is -2.37. The molecular formula is C22H22ClFN2O3. The molecule has 152 valence electrons. The maximum Gasteiger partial charge on any atom is 0.410 e. The molecule has 5 nitrogen and oxygen atoms in total. The molecule has 0 aromatic heterocycles. The van der Waals surface area contributed by atoms with Crippen LogP contribution in [0.4, 0.5) is 9.18 Å². The standard InChI is InChI=1S/C22H22ClFN2O3/c1-15-5-7-16(8-6-15)13-26-14-22(29-21(26)28)9-11-25(12-10-22)20(27)19-17(23)3-2-4-18(19)24/h2-8H,9-14H2,1H3. The Kier molecular flexibility index (Phi) is 5.21. The minimum Gasteiger partial charge on any atom is -0.441 e. The highest BCUT2D eigenvalue weighted by Gasteiger charge is 2.47. The van der Waals surface area contributed by atoms with Crippen LogP contribution in [0.25, 0.3) is 0 Å². The Bertz CT molecular complexity index is 919. The van der Waals surface area contributed by atoms with E-state index in [1.54, 1.807) is 9.80 Å². The molecule has 2 aliphatic heterocycles. The van der Waals surface area contributed by atoms with E-state index in [-0.39, 0.29) is 16.7 Å². The predicted octanol–water partition coefficient (Wildman–Crippen LogP) is 4.41. The van der Waals surface area contributed by atoms with Gasteiger partial charge in [-0.3, -0.25) is 9.69 Å². The van der Waals surface area contributed by atoms with Crippen LogP contribution >= 0.6 is 11.6 Å². The number of nitrogens with zero attached hydrogens (tertiary/aromatic N) is 2. The molecule has 0 bridgehead atoms. The molecule has 1 spiro atoms. The van der Waals surface area contributed by atoms with Gasteiger partial charge in [0.1, 0.15) is 11.4 Å². The molecular weight excluding hydrogens is 395 g/mol. The zero-order valence-corrected chi connectivity index (χ0v) is 16.9. The van der Waals surface area contributed by atoms with E-state index >= 15 is 0 Å². The van der Waals surface area contributed by atoms with Crippen LogP contribution < -0.4 is 0 Å². The average molecular weight is 417 g/mol. The molecule has 0 atom stereocenters. The molecule has 2 heterocycles. The molecule has 0 N–H and O–H groups in total. The fraction of sp³-hybridized carbons (Fsp3) is 0.364. The second-order valence-electron chi connectivity index (χ2n) is 7.78. The second-order valence-corrected chi connectivity index (χ2v) is 8.19. The molecule has 0 radical (unpaired) electrons. The highest BCUT2D eigenvalue weighted by Crippen LogP contribution is 2.35. The monoisotopic (exact) mass is 416 g/mol. The Morgan fingerprint density at radius 3 is 2.52 bits per heavy atom. The molecule has 0 unspecified atom stereocenters. The first-order chi connectivity index (χ1) is 13.9. The molecule has 7 heteroatoms.